The van der Waals surface area contributed by atoms with Crippen LogP contribution >= 0.6 is 12.4 Å². The summed E-state index contributed by atoms with van der Waals surface area (Å²) in [6, 6.07) is 10.0. The van der Waals surface area contributed by atoms with Crippen LogP contribution in [0.25, 0.3) is 11.0 Å². The van der Waals surface area contributed by atoms with Gasteiger partial charge in [0.2, 0.25) is 5.88 Å². The minimum atomic E-state index is -0.467. The molecule has 0 amide bonds. The molecule has 2 saturated heterocycles. The van der Waals surface area contributed by atoms with Crippen LogP contribution in [0, 0.1) is 11.8 Å². The van der Waals surface area contributed by atoms with Crippen molar-refractivity contribution in [2.45, 2.75) is 32.0 Å². The highest BCUT2D eigenvalue weighted by Gasteiger charge is 2.30. The molecule has 2 fully saturated rings. The number of fused-ring (bicyclic) bond motifs is 1. The van der Waals surface area contributed by atoms with Crippen molar-refractivity contribution in [1.29, 1.82) is 0 Å². The van der Waals surface area contributed by atoms with Crippen molar-refractivity contribution in [3.05, 3.63) is 54.0 Å². The van der Waals surface area contributed by atoms with Crippen molar-refractivity contribution in [2.24, 2.45) is 11.8 Å². The van der Waals surface area contributed by atoms with Crippen LogP contribution in [0.5, 0.6) is 5.88 Å². The second-order valence-corrected chi connectivity index (χ2v) is 9.86. The lowest BCUT2D eigenvalue weighted by Crippen LogP contribution is -2.24. The molecule has 2 aliphatic rings. The summed E-state index contributed by atoms with van der Waals surface area (Å²) in [7, 11) is 1.60. The Balaban J connectivity index is 0.000000402. The maximum absolute atomic E-state index is 10.0. The fourth-order valence-corrected chi connectivity index (χ4v) is 4.93. The van der Waals surface area contributed by atoms with E-state index in [2.05, 4.69) is 20.2 Å². The van der Waals surface area contributed by atoms with E-state index in [4.69, 9.17) is 19.7 Å². The van der Waals surface area contributed by atoms with E-state index in [-0.39, 0.29) is 43.6 Å². The molecule has 216 valence electrons. The monoisotopic (exact) mass is 565 g/mol. The first-order valence-corrected chi connectivity index (χ1v) is 13.0. The molecule has 3 aromatic rings. The highest BCUT2D eigenvalue weighted by molar-refractivity contribution is 5.85. The molecule has 0 bridgehead atoms. The second-order valence-electron chi connectivity index (χ2n) is 9.86. The summed E-state index contributed by atoms with van der Waals surface area (Å²) in [5, 5.41) is 39.9. The van der Waals surface area contributed by atoms with Crippen LogP contribution < -0.4 is 10.1 Å². The van der Waals surface area contributed by atoms with E-state index in [1.165, 1.54) is 6.33 Å². The third-order valence-electron chi connectivity index (χ3n) is 7.18. The van der Waals surface area contributed by atoms with Crippen LogP contribution in [0.2, 0.25) is 0 Å². The minimum absolute atomic E-state index is 0. The van der Waals surface area contributed by atoms with Crippen molar-refractivity contribution in [3.8, 4) is 5.88 Å². The molecule has 0 aliphatic carbocycles. The maximum Gasteiger partial charge on any atom is 0.241 e. The van der Waals surface area contributed by atoms with Gasteiger partial charge in [-0.05, 0) is 17.5 Å². The molecule has 4 heterocycles. The van der Waals surface area contributed by atoms with Crippen LogP contribution in [0.3, 0.4) is 0 Å². The predicted octanol–water partition coefficient (Wildman–Crippen LogP) is 0.423. The van der Waals surface area contributed by atoms with Gasteiger partial charge in [0.1, 0.15) is 18.6 Å². The SMILES string of the molecule is COc1ncnc2c(CCN3CC(O)C(CO)C3)cn(COCc3ccccc3)c12.Cl.OCC1CNCC1O. The number of hydrogen-bond acceptors (Lipinski definition) is 10. The van der Waals surface area contributed by atoms with Crippen LogP contribution in [0.4, 0.5) is 0 Å². The Labute approximate surface area is 234 Å². The Morgan fingerprint density at radius 3 is 2.38 bits per heavy atom. The van der Waals surface area contributed by atoms with Gasteiger partial charge >= 0.3 is 0 Å². The summed E-state index contributed by atoms with van der Waals surface area (Å²) in [5.74, 6) is 0.515. The average molecular weight is 566 g/mol. The number of hydrogen-bond donors (Lipinski definition) is 5. The topological polar surface area (TPSA) is 145 Å². The van der Waals surface area contributed by atoms with Crippen LogP contribution in [-0.2, 0) is 24.5 Å². The van der Waals surface area contributed by atoms with Crippen LogP contribution in [0.15, 0.2) is 42.9 Å². The highest BCUT2D eigenvalue weighted by atomic mass is 35.5. The fourth-order valence-electron chi connectivity index (χ4n) is 4.93. The van der Waals surface area contributed by atoms with Crippen molar-refractivity contribution in [3.63, 3.8) is 0 Å². The van der Waals surface area contributed by atoms with Crippen LogP contribution in [0.1, 0.15) is 11.1 Å². The van der Waals surface area contributed by atoms with Crippen molar-refractivity contribution in [1.82, 2.24) is 24.8 Å². The lowest BCUT2D eigenvalue weighted by atomic mass is 10.1. The zero-order chi connectivity index (χ0) is 26.9. The van der Waals surface area contributed by atoms with E-state index < -0.39 is 6.10 Å². The van der Waals surface area contributed by atoms with Gasteiger partial charge in [0.25, 0.3) is 0 Å². The molecule has 2 aromatic heterocycles. The Kier molecular flexibility index (Phi) is 12.3. The van der Waals surface area contributed by atoms with Gasteiger partial charge in [0.05, 0.1) is 31.4 Å². The second kappa shape index (κ2) is 15.4. The molecular weight excluding hydrogens is 526 g/mol. The van der Waals surface area contributed by atoms with E-state index in [1.54, 1.807) is 7.11 Å². The number of nitrogens with one attached hydrogen (secondary N) is 1. The molecule has 12 heteroatoms. The molecule has 2 aliphatic heterocycles. The standard InChI is InChI=1S/C22H28N4O4.C5H11NO2.ClH/c1-29-22-21-20(23-14-24-22)17(7-8-25-9-18(12-27)19(28)11-25)10-26(21)15-30-13-16-5-3-2-4-6-16;7-3-4-1-6-2-5(4)8;/h2-6,10,14,18-19,27-28H,7-9,11-13,15H2,1H3;4-8H,1-3H2;1H. The molecule has 4 atom stereocenters. The van der Waals surface area contributed by atoms with Gasteiger partial charge in [-0.1, -0.05) is 30.3 Å². The van der Waals surface area contributed by atoms with Gasteiger partial charge in [-0.25, -0.2) is 4.98 Å². The number of benzene rings is 1. The third kappa shape index (κ3) is 8.09. The summed E-state index contributed by atoms with van der Waals surface area (Å²) >= 11 is 0. The summed E-state index contributed by atoms with van der Waals surface area (Å²) in [4.78, 5) is 10.9. The number of aliphatic hydroxyl groups excluding tert-OH is 4. The maximum atomic E-state index is 10.0. The van der Waals surface area contributed by atoms with E-state index in [1.807, 2.05) is 41.1 Å². The minimum Gasteiger partial charge on any atom is -0.479 e. The first-order valence-electron chi connectivity index (χ1n) is 13.0. The van der Waals surface area contributed by atoms with E-state index in [9.17, 15) is 10.2 Å². The number of rotatable bonds is 10. The van der Waals surface area contributed by atoms with Crippen molar-refractivity contribution >= 4 is 23.4 Å². The fraction of sp³-hybridized carbons (Fsp3) is 0.556. The largest absolute Gasteiger partial charge is 0.479 e. The Morgan fingerprint density at radius 2 is 1.77 bits per heavy atom. The van der Waals surface area contributed by atoms with Gasteiger partial charge in [-0.3, -0.25) is 4.90 Å². The molecule has 0 saturated carbocycles. The summed E-state index contributed by atoms with van der Waals surface area (Å²) in [6.45, 7) is 4.43. The van der Waals surface area contributed by atoms with E-state index >= 15 is 0 Å². The lowest BCUT2D eigenvalue weighted by Gasteiger charge is -2.14. The van der Waals surface area contributed by atoms with Crippen molar-refractivity contribution in [2.75, 3.05) is 53.0 Å². The van der Waals surface area contributed by atoms with Crippen molar-refractivity contribution < 1.29 is 29.9 Å². The average Bonchev–Trinajstić information content (AvgIpc) is 3.64. The first kappa shape index (κ1) is 31.2. The molecule has 1 aromatic carbocycles. The zero-order valence-electron chi connectivity index (χ0n) is 22.2. The molecule has 0 radical (unpaired) electrons. The smallest absolute Gasteiger partial charge is 0.241 e. The number of aromatic nitrogens is 3. The number of methoxy groups -OCH3 is 1. The first-order chi connectivity index (χ1) is 18.5. The van der Waals surface area contributed by atoms with Crippen LogP contribution in [-0.4, -0.2) is 105 Å². The Bertz CT molecular complexity index is 1140. The van der Waals surface area contributed by atoms with Gasteiger partial charge in [-0.15, -0.1) is 12.4 Å². The lowest BCUT2D eigenvalue weighted by molar-refractivity contribution is 0.0664. The molecule has 39 heavy (non-hydrogen) atoms. The highest BCUT2D eigenvalue weighted by Crippen LogP contribution is 2.27. The quantitative estimate of drug-likeness (QED) is 0.234. The number of nitrogens with zero attached hydrogens (tertiary/aromatic N) is 4. The Morgan fingerprint density at radius 1 is 1.00 bits per heavy atom. The summed E-state index contributed by atoms with van der Waals surface area (Å²) < 4.78 is 13.4. The number of likely N-dealkylation sites (tertiary alicyclic amines) is 1. The normalized spacial score (nSPS) is 22.9. The zero-order valence-corrected chi connectivity index (χ0v) is 23.0. The Hall–Kier alpha value is -2.35. The van der Waals surface area contributed by atoms with Gasteiger partial charge in [-0.2, -0.15) is 4.98 Å². The van der Waals surface area contributed by atoms with Gasteiger partial charge < -0.3 is 39.8 Å². The van der Waals surface area contributed by atoms with Gasteiger partial charge in [0, 0.05) is 64.0 Å². The molecule has 4 unspecified atom stereocenters. The van der Waals surface area contributed by atoms with E-state index in [0.29, 0.717) is 38.9 Å². The number of ether oxygens (including phenoxy) is 2. The predicted molar refractivity (Wildman–Crippen MR) is 149 cm³/mol. The summed E-state index contributed by atoms with van der Waals surface area (Å²) in [5.41, 5.74) is 3.86. The molecule has 5 rings (SSSR count). The van der Waals surface area contributed by atoms with E-state index in [0.717, 1.165) is 41.7 Å². The number of β-amino-alcohol motifs (C(OH)–C–C–N with tert-alkyl or cyclic N) is 2. The molecule has 11 nitrogen and oxygen atoms in total. The number of aliphatic hydroxyl groups is 4. The van der Waals surface area contributed by atoms with Gasteiger partial charge in [0.15, 0.2) is 0 Å². The molecule has 0 spiro atoms. The third-order valence-corrected chi connectivity index (χ3v) is 7.18. The molecular formula is C27H40ClN5O6. The summed E-state index contributed by atoms with van der Waals surface area (Å²) in [6.07, 6.45) is 3.53. The number of halogens is 1. The molecule has 5 N–H and O–H groups in total.